The van der Waals surface area contributed by atoms with Crippen LogP contribution in [0.3, 0.4) is 0 Å². The van der Waals surface area contributed by atoms with Crippen molar-refractivity contribution in [3.05, 3.63) is 51.7 Å². The van der Waals surface area contributed by atoms with E-state index in [1.165, 1.54) is 5.56 Å². The summed E-state index contributed by atoms with van der Waals surface area (Å²) >= 11 is 1.68. The topological polar surface area (TPSA) is 46.3 Å². The van der Waals surface area contributed by atoms with Gasteiger partial charge in [-0.3, -0.25) is 4.79 Å². The number of rotatable bonds is 2. The highest BCUT2D eigenvalue weighted by molar-refractivity contribution is 7.07. The molecule has 1 saturated heterocycles. The number of carbonyl (C=O) groups is 1. The summed E-state index contributed by atoms with van der Waals surface area (Å²) in [6, 6.07) is 7.92. The van der Waals surface area contributed by atoms with E-state index >= 15 is 0 Å². The summed E-state index contributed by atoms with van der Waals surface area (Å²) in [5.74, 6) is 0.0918. The van der Waals surface area contributed by atoms with Gasteiger partial charge in [-0.25, -0.2) is 0 Å². The van der Waals surface area contributed by atoms with Crippen molar-refractivity contribution in [2.24, 2.45) is 0 Å². The number of hydrogen-bond donors (Lipinski definition) is 1. The number of amides is 1. The molecule has 0 spiro atoms. The number of nitrogen functional groups attached to an aromatic ring is 1. The zero-order chi connectivity index (χ0) is 14.1. The second-order valence-electron chi connectivity index (χ2n) is 5.35. The number of thiophene rings is 1. The van der Waals surface area contributed by atoms with Crippen molar-refractivity contribution in [2.75, 3.05) is 12.3 Å². The standard InChI is InChI=1S/C16H18N2OS/c1-11-7-13(9-14(17)8-11)16(19)18-5-2-3-15(18)12-4-6-20-10-12/h4,6-10,15H,2-3,5,17H2,1H3. The highest BCUT2D eigenvalue weighted by Crippen LogP contribution is 2.34. The monoisotopic (exact) mass is 286 g/mol. The van der Waals surface area contributed by atoms with E-state index in [0.29, 0.717) is 11.3 Å². The first-order valence-electron chi connectivity index (χ1n) is 6.85. The van der Waals surface area contributed by atoms with Gasteiger partial charge in [-0.15, -0.1) is 0 Å². The number of likely N-dealkylation sites (tertiary alicyclic amines) is 1. The number of nitrogens with zero attached hydrogens (tertiary/aromatic N) is 1. The fourth-order valence-corrected chi connectivity index (χ4v) is 3.63. The van der Waals surface area contributed by atoms with E-state index in [0.717, 1.165) is 24.9 Å². The molecular weight excluding hydrogens is 268 g/mol. The van der Waals surface area contributed by atoms with Gasteiger partial charge in [-0.2, -0.15) is 11.3 Å². The molecule has 3 rings (SSSR count). The zero-order valence-electron chi connectivity index (χ0n) is 11.5. The van der Waals surface area contributed by atoms with Crippen LogP contribution in [0.4, 0.5) is 5.69 Å². The summed E-state index contributed by atoms with van der Waals surface area (Å²) in [5, 5.41) is 4.21. The van der Waals surface area contributed by atoms with Crippen LogP contribution in [0, 0.1) is 6.92 Å². The van der Waals surface area contributed by atoms with E-state index in [2.05, 4.69) is 16.8 Å². The molecule has 1 aliphatic heterocycles. The van der Waals surface area contributed by atoms with Gasteiger partial charge in [-0.1, -0.05) is 0 Å². The molecule has 1 aliphatic rings. The van der Waals surface area contributed by atoms with Crippen molar-refractivity contribution in [3.8, 4) is 0 Å². The lowest BCUT2D eigenvalue weighted by molar-refractivity contribution is 0.0736. The Morgan fingerprint density at radius 2 is 2.25 bits per heavy atom. The maximum atomic E-state index is 12.7. The van der Waals surface area contributed by atoms with Crippen LogP contribution < -0.4 is 5.73 Å². The summed E-state index contributed by atoms with van der Waals surface area (Å²) in [6.07, 6.45) is 2.11. The molecule has 0 aliphatic carbocycles. The van der Waals surface area contributed by atoms with Crippen LogP contribution in [0.2, 0.25) is 0 Å². The van der Waals surface area contributed by atoms with Crippen molar-refractivity contribution >= 4 is 22.9 Å². The van der Waals surface area contributed by atoms with Crippen LogP contribution in [0.15, 0.2) is 35.0 Å². The third-order valence-electron chi connectivity index (χ3n) is 3.79. The molecule has 1 fully saturated rings. The van der Waals surface area contributed by atoms with Crippen LogP contribution in [-0.2, 0) is 0 Å². The summed E-state index contributed by atoms with van der Waals surface area (Å²) in [4.78, 5) is 14.7. The Labute approximate surface area is 123 Å². The molecule has 0 bridgehead atoms. The van der Waals surface area contributed by atoms with Gasteiger partial charge in [0, 0.05) is 17.8 Å². The second kappa shape index (κ2) is 5.29. The lowest BCUT2D eigenvalue weighted by Crippen LogP contribution is -2.30. The number of anilines is 1. The van der Waals surface area contributed by atoms with Crippen LogP contribution >= 0.6 is 11.3 Å². The predicted octanol–water partition coefficient (Wildman–Crippen LogP) is 3.62. The first-order valence-corrected chi connectivity index (χ1v) is 7.79. The Kier molecular flexibility index (Phi) is 3.49. The van der Waals surface area contributed by atoms with E-state index < -0.39 is 0 Å². The first kappa shape index (κ1) is 13.2. The average molecular weight is 286 g/mol. The normalized spacial score (nSPS) is 18.4. The number of nitrogens with two attached hydrogens (primary N) is 1. The number of hydrogen-bond acceptors (Lipinski definition) is 3. The van der Waals surface area contributed by atoms with Gasteiger partial charge in [0.25, 0.3) is 5.91 Å². The van der Waals surface area contributed by atoms with Crippen LogP contribution in [0.1, 0.15) is 40.4 Å². The van der Waals surface area contributed by atoms with E-state index in [-0.39, 0.29) is 11.9 Å². The summed E-state index contributed by atoms with van der Waals surface area (Å²) in [5.41, 5.74) is 9.49. The van der Waals surface area contributed by atoms with Crippen molar-refractivity contribution in [1.82, 2.24) is 4.90 Å². The fourth-order valence-electron chi connectivity index (χ4n) is 2.92. The predicted molar refractivity (Wildman–Crippen MR) is 82.9 cm³/mol. The summed E-state index contributed by atoms with van der Waals surface area (Å²) in [6.45, 7) is 2.79. The molecule has 0 saturated carbocycles. The molecule has 20 heavy (non-hydrogen) atoms. The second-order valence-corrected chi connectivity index (χ2v) is 6.13. The number of aryl methyl sites for hydroxylation is 1. The molecule has 2 aromatic rings. The molecule has 1 atom stereocenters. The molecule has 3 nitrogen and oxygen atoms in total. The van der Waals surface area contributed by atoms with Gasteiger partial charge >= 0.3 is 0 Å². The third-order valence-corrected chi connectivity index (χ3v) is 4.49. The minimum absolute atomic E-state index is 0.0918. The summed E-state index contributed by atoms with van der Waals surface area (Å²) < 4.78 is 0. The maximum Gasteiger partial charge on any atom is 0.254 e. The molecule has 4 heteroatoms. The smallest absolute Gasteiger partial charge is 0.254 e. The Hall–Kier alpha value is -1.81. The average Bonchev–Trinajstić information content (AvgIpc) is 3.07. The lowest BCUT2D eigenvalue weighted by atomic mass is 10.1. The van der Waals surface area contributed by atoms with Gasteiger partial charge < -0.3 is 10.6 Å². The SMILES string of the molecule is Cc1cc(N)cc(C(=O)N2CCCC2c2ccsc2)c1. The third kappa shape index (κ3) is 2.43. The Balaban J connectivity index is 1.89. The quantitative estimate of drug-likeness (QED) is 0.857. The van der Waals surface area contributed by atoms with Gasteiger partial charge in [-0.05, 0) is 65.9 Å². The van der Waals surface area contributed by atoms with Crippen LogP contribution in [0.5, 0.6) is 0 Å². The minimum Gasteiger partial charge on any atom is -0.399 e. The number of benzene rings is 1. The Morgan fingerprint density at radius 3 is 2.95 bits per heavy atom. The fraction of sp³-hybridized carbons (Fsp3) is 0.312. The molecule has 104 valence electrons. The minimum atomic E-state index is 0.0918. The van der Waals surface area contributed by atoms with E-state index in [1.54, 1.807) is 17.4 Å². The van der Waals surface area contributed by atoms with Crippen molar-refractivity contribution in [3.63, 3.8) is 0 Å². The van der Waals surface area contributed by atoms with Crippen LogP contribution in [0.25, 0.3) is 0 Å². The molecule has 2 heterocycles. The van der Waals surface area contributed by atoms with E-state index in [9.17, 15) is 4.79 Å². The molecule has 1 aromatic heterocycles. The summed E-state index contributed by atoms with van der Waals surface area (Å²) in [7, 11) is 0. The van der Waals surface area contributed by atoms with Crippen LogP contribution in [-0.4, -0.2) is 17.4 Å². The molecule has 2 N–H and O–H groups in total. The van der Waals surface area contributed by atoms with Gasteiger partial charge in [0.2, 0.25) is 0 Å². The lowest BCUT2D eigenvalue weighted by Gasteiger charge is -2.24. The van der Waals surface area contributed by atoms with Gasteiger partial charge in [0.1, 0.15) is 0 Å². The molecule has 1 aromatic carbocycles. The number of carbonyl (C=O) groups excluding carboxylic acids is 1. The maximum absolute atomic E-state index is 12.7. The molecule has 1 unspecified atom stereocenters. The first-order chi connectivity index (χ1) is 9.65. The van der Waals surface area contributed by atoms with Crippen molar-refractivity contribution in [1.29, 1.82) is 0 Å². The Morgan fingerprint density at radius 1 is 1.40 bits per heavy atom. The molecule has 1 amide bonds. The van der Waals surface area contributed by atoms with Gasteiger partial charge in [0.15, 0.2) is 0 Å². The molecule has 0 radical (unpaired) electrons. The van der Waals surface area contributed by atoms with Crippen molar-refractivity contribution in [2.45, 2.75) is 25.8 Å². The van der Waals surface area contributed by atoms with E-state index in [1.807, 2.05) is 24.0 Å². The zero-order valence-corrected chi connectivity index (χ0v) is 12.3. The van der Waals surface area contributed by atoms with Gasteiger partial charge in [0.05, 0.1) is 6.04 Å². The Bertz CT molecular complexity index is 601. The highest BCUT2D eigenvalue weighted by Gasteiger charge is 2.30. The highest BCUT2D eigenvalue weighted by atomic mass is 32.1. The van der Waals surface area contributed by atoms with Crippen molar-refractivity contribution < 1.29 is 4.79 Å². The molecular formula is C16H18N2OS. The largest absolute Gasteiger partial charge is 0.399 e. The van der Waals surface area contributed by atoms with E-state index in [4.69, 9.17) is 5.73 Å².